The van der Waals surface area contributed by atoms with Gasteiger partial charge in [0, 0.05) is 29.1 Å². The number of rotatable bonds is 7. The molecule has 0 fully saturated rings. The number of aromatic nitrogens is 3. The molecule has 10 rings (SSSR count). The van der Waals surface area contributed by atoms with Crippen molar-refractivity contribution in [2.24, 2.45) is 0 Å². The fourth-order valence-corrected chi connectivity index (χ4v) is 8.39. The molecule has 0 radical (unpaired) electrons. The summed E-state index contributed by atoms with van der Waals surface area (Å²) in [6, 6.07) is 71.5. The highest BCUT2D eigenvalue weighted by atomic mass is 14.9. The van der Waals surface area contributed by atoms with Crippen molar-refractivity contribution >= 4 is 0 Å². The predicted octanol–water partition coefficient (Wildman–Crippen LogP) is 12.6. The van der Waals surface area contributed by atoms with E-state index in [4.69, 9.17) is 9.97 Å². The van der Waals surface area contributed by atoms with Crippen molar-refractivity contribution in [1.82, 2.24) is 15.0 Å². The average molecular weight is 702 g/mol. The maximum Gasteiger partial charge on any atom is 0.160 e. The van der Waals surface area contributed by atoms with E-state index in [1.54, 1.807) is 0 Å². The largest absolute Gasteiger partial charge is 0.265 e. The van der Waals surface area contributed by atoms with Gasteiger partial charge in [0.1, 0.15) is 0 Å². The Morgan fingerprint density at radius 1 is 0.327 bits per heavy atom. The van der Waals surface area contributed by atoms with Gasteiger partial charge in [0.2, 0.25) is 0 Å². The van der Waals surface area contributed by atoms with Crippen LogP contribution < -0.4 is 0 Å². The third kappa shape index (κ3) is 5.57. The van der Waals surface area contributed by atoms with E-state index < -0.39 is 5.41 Å². The molecule has 2 aromatic heterocycles. The Kier molecular flexibility index (Phi) is 8.04. The highest BCUT2D eigenvalue weighted by molar-refractivity contribution is 5.95. The van der Waals surface area contributed by atoms with Gasteiger partial charge in [-0.25, -0.2) is 9.97 Å². The van der Waals surface area contributed by atoms with Crippen LogP contribution in [0.15, 0.2) is 213 Å². The third-order valence-corrected chi connectivity index (χ3v) is 10.9. The third-order valence-electron chi connectivity index (χ3n) is 10.9. The molecule has 3 heteroatoms. The van der Waals surface area contributed by atoms with E-state index in [0.717, 1.165) is 44.8 Å². The van der Waals surface area contributed by atoms with Crippen molar-refractivity contribution in [3.8, 4) is 67.3 Å². The van der Waals surface area contributed by atoms with Crippen molar-refractivity contribution in [1.29, 1.82) is 0 Å². The molecule has 0 aliphatic heterocycles. The molecule has 3 nitrogen and oxygen atoms in total. The predicted molar refractivity (Wildman–Crippen MR) is 224 cm³/mol. The molecule has 0 amide bonds. The van der Waals surface area contributed by atoms with E-state index in [9.17, 15) is 0 Å². The SMILES string of the molecule is c1ccc(-c2cc(-c3ccc(-c4cccc5c4-c4ccccc4C5(c4ccccc4)c4ccccc4)cc3)nc(-c3ccc(-c4ccncc4)cc3)n2)cc1. The molecule has 9 aromatic rings. The van der Waals surface area contributed by atoms with Crippen LogP contribution >= 0.6 is 0 Å². The number of fused-ring (bicyclic) bond motifs is 3. The second-order valence-electron chi connectivity index (χ2n) is 14.0. The molecule has 0 atom stereocenters. The molecule has 7 aromatic carbocycles. The van der Waals surface area contributed by atoms with Gasteiger partial charge in [-0.05, 0) is 73.8 Å². The second kappa shape index (κ2) is 13.6. The van der Waals surface area contributed by atoms with Crippen LogP contribution in [0.5, 0.6) is 0 Å². The van der Waals surface area contributed by atoms with E-state index >= 15 is 0 Å². The number of hydrogen-bond donors (Lipinski definition) is 0. The molecule has 1 aliphatic rings. The van der Waals surface area contributed by atoms with Gasteiger partial charge in [0.05, 0.1) is 16.8 Å². The molecule has 0 saturated heterocycles. The van der Waals surface area contributed by atoms with E-state index in [1.165, 1.54) is 38.9 Å². The lowest BCUT2D eigenvalue weighted by molar-refractivity contribution is 0.768. The van der Waals surface area contributed by atoms with Crippen LogP contribution in [0.4, 0.5) is 0 Å². The molecule has 0 spiro atoms. The highest BCUT2D eigenvalue weighted by Gasteiger charge is 2.46. The van der Waals surface area contributed by atoms with Gasteiger partial charge in [-0.3, -0.25) is 4.98 Å². The summed E-state index contributed by atoms with van der Waals surface area (Å²) in [5, 5.41) is 0. The Labute approximate surface area is 321 Å². The monoisotopic (exact) mass is 701 g/mol. The standard InChI is InChI=1S/C52H35N3/c1-4-13-39(14-5-1)48-35-49(55-51(54-48)41-29-23-36(24-30-41)37-31-33-53-34-32-37)40-27-25-38(26-28-40)44-20-12-22-47-50(44)45-19-10-11-21-46(45)52(47,42-15-6-2-7-16-42)43-17-8-3-9-18-43/h1-35H. The van der Waals surface area contributed by atoms with Gasteiger partial charge in [0.15, 0.2) is 5.82 Å². The minimum absolute atomic E-state index is 0.438. The highest BCUT2D eigenvalue weighted by Crippen LogP contribution is 2.58. The summed E-state index contributed by atoms with van der Waals surface area (Å²) >= 11 is 0. The summed E-state index contributed by atoms with van der Waals surface area (Å²) in [7, 11) is 0. The number of nitrogens with zero attached hydrogens (tertiary/aromatic N) is 3. The fraction of sp³-hybridized carbons (Fsp3) is 0.0192. The number of benzene rings is 7. The van der Waals surface area contributed by atoms with Crippen LogP contribution in [0, 0.1) is 0 Å². The van der Waals surface area contributed by atoms with E-state index in [2.05, 4.69) is 187 Å². The zero-order valence-electron chi connectivity index (χ0n) is 30.0. The Bertz CT molecular complexity index is 2720. The molecule has 258 valence electrons. The molecule has 0 unspecified atom stereocenters. The lowest BCUT2D eigenvalue weighted by Crippen LogP contribution is -2.28. The minimum atomic E-state index is -0.438. The first-order valence-electron chi connectivity index (χ1n) is 18.7. The minimum Gasteiger partial charge on any atom is -0.265 e. The van der Waals surface area contributed by atoms with E-state index in [1.807, 2.05) is 30.6 Å². The Morgan fingerprint density at radius 3 is 1.45 bits per heavy atom. The van der Waals surface area contributed by atoms with Gasteiger partial charge in [-0.1, -0.05) is 182 Å². The van der Waals surface area contributed by atoms with Crippen LogP contribution in [-0.4, -0.2) is 15.0 Å². The van der Waals surface area contributed by atoms with Gasteiger partial charge in [0.25, 0.3) is 0 Å². The van der Waals surface area contributed by atoms with Gasteiger partial charge < -0.3 is 0 Å². The quantitative estimate of drug-likeness (QED) is 0.166. The number of hydrogen-bond acceptors (Lipinski definition) is 3. The van der Waals surface area contributed by atoms with Crippen molar-refractivity contribution in [2.75, 3.05) is 0 Å². The molecule has 0 saturated carbocycles. The van der Waals surface area contributed by atoms with Crippen LogP contribution in [0.1, 0.15) is 22.3 Å². The summed E-state index contributed by atoms with van der Waals surface area (Å²) in [6.45, 7) is 0. The van der Waals surface area contributed by atoms with Crippen LogP contribution in [0.2, 0.25) is 0 Å². The van der Waals surface area contributed by atoms with Gasteiger partial charge >= 0.3 is 0 Å². The molecule has 2 heterocycles. The Morgan fingerprint density at radius 2 is 0.800 bits per heavy atom. The first-order chi connectivity index (χ1) is 27.3. The zero-order valence-corrected chi connectivity index (χ0v) is 30.0. The lowest BCUT2D eigenvalue weighted by Gasteiger charge is -2.34. The summed E-state index contributed by atoms with van der Waals surface area (Å²) in [5.74, 6) is 0.692. The van der Waals surface area contributed by atoms with Crippen molar-refractivity contribution < 1.29 is 0 Å². The normalized spacial score (nSPS) is 12.5. The lowest BCUT2D eigenvalue weighted by atomic mass is 9.67. The zero-order chi connectivity index (χ0) is 36.6. The summed E-state index contributed by atoms with van der Waals surface area (Å²) in [5.41, 5.74) is 16.7. The van der Waals surface area contributed by atoms with Gasteiger partial charge in [-0.2, -0.15) is 0 Å². The topological polar surface area (TPSA) is 38.7 Å². The Hall–Kier alpha value is -7.23. The maximum absolute atomic E-state index is 5.16. The maximum atomic E-state index is 5.16. The summed E-state index contributed by atoms with van der Waals surface area (Å²) in [6.07, 6.45) is 3.64. The smallest absolute Gasteiger partial charge is 0.160 e. The second-order valence-corrected chi connectivity index (χ2v) is 14.0. The van der Waals surface area contributed by atoms with Gasteiger partial charge in [-0.15, -0.1) is 0 Å². The summed E-state index contributed by atoms with van der Waals surface area (Å²) < 4.78 is 0. The first-order valence-corrected chi connectivity index (χ1v) is 18.7. The molecular formula is C52H35N3. The van der Waals surface area contributed by atoms with E-state index in [-0.39, 0.29) is 0 Å². The number of pyridine rings is 1. The fourth-order valence-electron chi connectivity index (χ4n) is 8.39. The van der Waals surface area contributed by atoms with Crippen molar-refractivity contribution in [3.05, 3.63) is 235 Å². The molecular weight excluding hydrogens is 667 g/mol. The van der Waals surface area contributed by atoms with Crippen molar-refractivity contribution in [2.45, 2.75) is 5.41 Å². The molecule has 0 bridgehead atoms. The van der Waals surface area contributed by atoms with E-state index in [0.29, 0.717) is 5.82 Å². The molecule has 55 heavy (non-hydrogen) atoms. The van der Waals surface area contributed by atoms with Crippen LogP contribution in [-0.2, 0) is 5.41 Å². The molecule has 0 N–H and O–H groups in total. The van der Waals surface area contributed by atoms with Crippen LogP contribution in [0.25, 0.3) is 67.3 Å². The molecule has 1 aliphatic carbocycles. The summed E-state index contributed by atoms with van der Waals surface area (Å²) in [4.78, 5) is 14.4. The van der Waals surface area contributed by atoms with Crippen LogP contribution in [0.3, 0.4) is 0 Å². The average Bonchev–Trinajstić information content (AvgIpc) is 3.59. The first kappa shape index (κ1) is 32.4. The Balaban J connectivity index is 1.09. The van der Waals surface area contributed by atoms with Crippen molar-refractivity contribution in [3.63, 3.8) is 0 Å².